The van der Waals surface area contributed by atoms with Crippen LogP contribution in [0.25, 0.3) is 0 Å². The summed E-state index contributed by atoms with van der Waals surface area (Å²) in [5.41, 5.74) is 7.00. The standard InChI is InChI=1S/C19H22N2O3/c1-12(2)14-8-5-7-11-17(14)24-13(3)19(23)21-16-10-6-4-9-15(16)18(20)22/h4-13H,1-3H3,(H2,20,22)(H,21,23)/t13-/m0/s1. The van der Waals surface area contributed by atoms with Crippen molar-refractivity contribution in [3.63, 3.8) is 0 Å². The molecule has 0 aliphatic rings. The minimum atomic E-state index is -0.717. The Morgan fingerprint density at radius 3 is 2.29 bits per heavy atom. The summed E-state index contributed by atoms with van der Waals surface area (Å²) < 4.78 is 5.81. The van der Waals surface area contributed by atoms with E-state index in [2.05, 4.69) is 19.2 Å². The Kier molecular flexibility index (Phi) is 5.58. The lowest BCUT2D eigenvalue weighted by Crippen LogP contribution is -2.31. The van der Waals surface area contributed by atoms with Gasteiger partial charge in [-0.1, -0.05) is 44.2 Å². The molecule has 126 valence electrons. The first kappa shape index (κ1) is 17.5. The molecule has 0 fully saturated rings. The second-order valence-corrected chi connectivity index (χ2v) is 5.85. The Balaban J connectivity index is 2.13. The molecule has 3 N–H and O–H groups in total. The zero-order valence-electron chi connectivity index (χ0n) is 14.1. The van der Waals surface area contributed by atoms with Crippen LogP contribution >= 0.6 is 0 Å². The number of primary amides is 1. The molecule has 0 aliphatic carbocycles. The van der Waals surface area contributed by atoms with Crippen LogP contribution in [0.3, 0.4) is 0 Å². The van der Waals surface area contributed by atoms with Gasteiger partial charge in [0, 0.05) is 0 Å². The van der Waals surface area contributed by atoms with Crippen molar-refractivity contribution in [1.82, 2.24) is 0 Å². The molecule has 5 nitrogen and oxygen atoms in total. The first-order chi connectivity index (χ1) is 11.4. The molecule has 0 aromatic heterocycles. The van der Waals surface area contributed by atoms with Gasteiger partial charge in [0.25, 0.3) is 11.8 Å². The highest BCUT2D eigenvalue weighted by Gasteiger charge is 2.19. The van der Waals surface area contributed by atoms with E-state index in [-0.39, 0.29) is 17.4 Å². The predicted molar refractivity (Wildman–Crippen MR) is 94.2 cm³/mol. The number of anilines is 1. The highest BCUT2D eigenvalue weighted by Crippen LogP contribution is 2.27. The van der Waals surface area contributed by atoms with E-state index in [1.807, 2.05) is 24.3 Å². The van der Waals surface area contributed by atoms with Gasteiger partial charge in [-0.25, -0.2) is 0 Å². The van der Waals surface area contributed by atoms with E-state index in [4.69, 9.17) is 10.5 Å². The van der Waals surface area contributed by atoms with E-state index in [0.29, 0.717) is 11.4 Å². The zero-order chi connectivity index (χ0) is 17.7. The average molecular weight is 326 g/mol. The highest BCUT2D eigenvalue weighted by molar-refractivity contribution is 6.03. The van der Waals surface area contributed by atoms with Crippen LogP contribution in [0.15, 0.2) is 48.5 Å². The summed E-state index contributed by atoms with van der Waals surface area (Å²) in [6.45, 7) is 5.80. The molecule has 0 saturated heterocycles. The smallest absolute Gasteiger partial charge is 0.265 e. The van der Waals surface area contributed by atoms with Gasteiger partial charge < -0.3 is 15.8 Å². The van der Waals surface area contributed by atoms with Crippen molar-refractivity contribution in [3.8, 4) is 5.75 Å². The van der Waals surface area contributed by atoms with Gasteiger partial charge in [0.1, 0.15) is 5.75 Å². The van der Waals surface area contributed by atoms with Crippen LogP contribution in [0.2, 0.25) is 0 Å². The first-order valence-corrected chi connectivity index (χ1v) is 7.85. The molecule has 0 bridgehead atoms. The van der Waals surface area contributed by atoms with E-state index >= 15 is 0 Å². The molecule has 0 aliphatic heterocycles. The van der Waals surface area contributed by atoms with Gasteiger partial charge in [-0.05, 0) is 36.6 Å². The van der Waals surface area contributed by atoms with Gasteiger partial charge in [0.2, 0.25) is 0 Å². The van der Waals surface area contributed by atoms with Crippen LogP contribution in [0.4, 0.5) is 5.69 Å². The summed E-state index contributed by atoms with van der Waals surface area (Å²) in [5.74, 6) is 0.0252. The van der Waals surface area contributed by atoms with Crippen molar-refractivity contribution < 1.29 is 14.3 Å². The van der Waals surface area contributed by atoms with Gasteiger partial charge in [0.05, 0.1) is 11.3 Å². The van der Waals surface area contributed by atoms with Gasteiger partial charge in [-0.15, -0.1) is 0 Å². The number of hydrogen-bond donors (Lipinski definition) is 2. The fourth-order valence-corrected chi connectivity index (χ4v) is 2.35. The number of rotatable bonds is 6. The normalized spacial score (nSPS) is 11.8. The number of ether oxygens (including phenoxy) is 1. The van der Waals surface area contributed by atoms with Gasteiger partial charge >= 0.3 is 0 Å². The van der Waals surface area contributed by atoms with Gasteiger partial charge in [0.15, 0.2) is 6.10 Å². The van der Waals surface area contributed by atoms with Crippen LogP contribution in [-0.4, -0.2) is 17.9 Å². The molecule has 24 heavy (non-hydrogen) atoms. The molecule has 0 saturated carbocycles. The van der Waals surface area contributed by atoms with Crippen molar-refractivity contribution in [3.05, 3.63) is 59.7 Å². The van der Waals surface area contributed by atoms with E-state index in [1.165, 1.54) is 0 Å². The lowest BCUT2D eigenvalue weighted by Gasteiger charge is -2.19. The quantitative estimate of drug-likeness (QED) is 0.854. The summed E-state index contributed by atoms with van der Waals surface area (Å²) in [6, 6.07) is 14.2. The Morgan fingerprint density at radius 2 is 1.62 bits per heavy atom. The number of benzene rings is 2. The SMILES string of the molecule is CC(C)c1ccccc1O[C@@H](C)C(=O)Nc1ccccc1C(N)=O. The molecule has 0 spiro atoms. The molecule has 0 unspecified atom stereocenters. The molecule has 1 atom stereocenters. The maximum atomic E-state index is 12.4. The summed E-state index contributed by atoms with van der Waals surface area (Å²) >= 11 is 0. The van der Waals surface area contributed by atoms with Crippen LogP contribution in [0.5, 0.6) is 5.75 Å². The third-order valence-corrected chi connectivity index (χ3v) is 3.66. The Labute approximate surface area is 141 Å². The monoisotopic (exact) mass is 326 g/mol. The van der Waals surface area contributed by atoms with E-state index in [1.54, 1.807) is 31.2 Å². The van der Waals surface area contributed by atoms with Crippen molar-refractivity contribution in [2.24, 2.45) is 5.73 Å². The number of para-hydroxylation sites is 2. The number of nitrogens with two attached hydrogens (primary N) is 1. The van der Waals surface area contributed by atoms with E-state index in [9.17, 15) is 9.59 Å². The van der Waals surface area contributed by atoms with E-state index < -0.39 is 12.0 Å². The summed E-state index contributed by atoms with van der Waals surface area (Å²) in [7, 11) is 0. The molecule has 0 heterocycles. The summed E-state index contributed by atoms with van der Waals surface area (Å²) in [5, 5.41) is 2.70. The van der Waals surface area contributed by atoms with Crippen molar-refractivity contribution in [2.75, 3.05) is 5.32 Å². The fraction of sp³-hybridized carbons (Fsp3) is 0.263. The average Bonchev–Trinajstić information content (AvgIpc) is 2.55. The number of carbonyl (C=O) groups excluding carboxylic acids is 2. The molecular formula is C19H22N2O3. The molecule has 2 rings (SSSR count). The largest absolute Gasteiger partial charge is 0.481 e. The highest BCUT2D eigenvalue weighted by atomic mass is 16.5. The maximum absolute atomic E-state index is 12.4. The van der Waals surface area contributed by atoms with Crippen molar-refractivity contribution >= 4 is 17.5 Å². The predicted octanol–water partition coefficient (Wildman–Crippen LogP) is 3.31. The molecule has 0 radical (unpaired) electrons. The zero-order valence-corrected chi connectivity index (χ0v) is 14.1. The summed E-state index contributed by atoms with van der Waals surface area (Å²) in [4.78, 5) is 23.8. The minimum absolute atomic E-state index is 0.264. The topological polar surface area (TPSA) is 81.4 Å². The second-order valence-electron chi connectivity index (χ2n) is 5.85. The Morgan fingerprint density at radius 1 is 1.00 bits per heavy atom. The molecular weight excluding hydrogens is 304 g/mol. The lowest BCUT2D eigenvalue weighted by atomic mass is 10.0. The minimum Gasteiger partial charge on any atom is -0.481 e. The summed E-state index contributed by atoms with van der Waals surface area (Å²) in [6.07, 6.45) is -0.717. The molecule has 2 aromatic rings. The Hall–Kier alpha value is -2.82. The Bertz CT molecular complexity index is 741. The van der Waals surface area contributed by atoms with Crippen LogP contribution in [0.1, 0.15) is 42.6 Å². The number of hydrogen-bond acceptors (Lipinski definition) is 3. The van der Waals surface area contributed by atoms with Gasteiger partial charge in [-0.3, -0.25) is 9.59 Å². The van der Waals surface area contributed by atoms with Crippen molar-refractivity contribution in [2.45, 2.75) is 32.8 Å². The third-order valence-electron chi connectivity index (χ3n) is 3.66. The fourth-order valence-electron chi connectivity index (χ4n) is 2.35. The second kappa shape index (κ2) is 7.64. The third kappa shape index (κ3) is 4.13. The molecule has 5 heteroatoms. The van der Waals surface area contributed by atoms with Crippen LogP contribution in [-0.2, 0) is 4.79 Å². The van der Waals surface area contributed by atoms with Gasteiger partial charge in [-0.2, -0.15) is 0 Å². The maximum Gasteiger partial charge on any atom is 0.265 e. The van der Waals surface area contributed by atoms with Crippen LogP contribution < -0.4 is 15.8 Å². The number of carbonyl (C=O) groups is 2. The molecule has 2 aromatic carbocycles. The van der Waals surface area contributed by atoms with Crippen molar-refractivity contribution in [1.29, 1.82) is 0 Å². The first-order valence-electron chi connectivity index (χ1n) is 7.85. The van der Waals surface area contributed by atoms with Crippen LogP contribution in [0, 0.1) is 0 Å². The molecule has 2 amide bonds. The number of amides is 2. The van der Waals surface area contributed by atoms with E-state index in [0.717, 1.165) is 5.56 Å². The number of nitrogens with one attached hydrogen (secondary N) is 1. The lowest BCUT2D eigenvalue weighted by molar-refractivity contribution is -0.122.